The van der Waals surface area contributed by atoms with Gasteiger partial charge in [-0.25, -0.2) is 9.59 Å². The Labute approximate surface area is 181 Å². The van der Waals surface area contributed by atoms with Crippen LogP contribution in [-0.4, -0.2) is 30.0 Å². The highest BCUT2D eigenvalue weighted by Gasteiger charge is 2.63. The standard InChI is InChI=1S/C24H18F3NO4/c25-24(26,27)23(21(29)30,15-8-2-1-3-9-15)28-22(31)32-14-20-18-12-6-4-10-16(18)17-11-5-7-13-19(17)20/h1-13,20H,14H2,(H,28,31)(H,29,30). The normalized spacial score (nSPS) is 14.7. The topological polar surface area (TPSA) is 75.6 Å². The van der Waals surface area contributed by atoms with Crippen LogP contribution in [0, 0.1) is 0 Å². The van der Waals surface area contributed by atoms with E-state index in [1.807, 2.05) is 48.5 Å². The number of carboxylic acids is 1. The number of benzene rings is 3. The number of alkyl halides is 3. The van der Waals surface area contributed by atoms with E-state index in [4.69, 9.17) is 4.74 Å². The Morgan fingerprint density at radius 2 is 1.34 bits per heavy atom. The summed E-state index contributed by atoms with van der Waals surface area (Å²) in [7, 11) is 0. The summed E-state index contributed by atoms with van der Waals surface area (Å²) in [6.45, 7) is -0.248. The molecule has 164 valence electrons. The van der Waals surface area contributed by atoms with Crippen molar-refractivity contribution in [3.05, 3.63) is 95.6 Å². The molecule has 3 aromatic rings. The first-order valence-electron chi connectivity index (χ1n) is 9.74. The van der Waals surface area contributed by atoms with Crippen LogP contribution in [-0.2, 0) is 15.1 Å². The van der Waals surface area contributed by atoms with E-state index in [1.54, 1.807) is 5.32 Å². The lowest BCUT2D eigenvalue weighted by Gasteiger charge is -2.32. The summed E-state index contributed by atoms with van der Waals surface area (Å²) >= 11 is 0. The molecule has 8 heteroatoms. The Kier molecular flexibility index (Phi) is 5.38. The second-order valence-corrected chi connectivity index (χ2v) is 7.37. The van der Waals surface area contributed by atoms with Gasteiger partial charge in [0.1, 0.15) is 6.61 Å². The minimum absolute atomic E-state index is 0.248. The molecule has 1 unspecified atom stereocenters. The largest absolute Gasteiger partial charge is 0.479 e. The van der Waals surface area contributed by atoms with Gasteiger partial charge in [-0.15, -0.1) is 0 Å². The summed E-state index contributed by atoms with van der Waals surface area (Å²) in [6.07, 6.45) is -6.79. The average Bonchev–Trinajstić information content (AvgIpc) is 3.09. The minimum atomic E-state index is -5.31. The number of carbonyl (C=O) groups excluding carboxylic acids is 1. The fourth-order valence-electron chi connectivity index (χ4n) is 4.08. The Bertz CT molecular complexity index is 1120. The number of nitrogens with one attached hydrogen (secondary N) is 1. The number of carbonyl (C=O) groups is 2. The first kappa shape index (κ1) is 21.4. The number of hydrogen-bond acceptors (Lipinski definition) is 3. The molecule has 0 heterocycles. The fraction of sp³-hybridized carbons (Fsp3) is 0.167. The molecule has 4 rings (SSSR count). The highest BCUT2D eigenvalue weighted by molar-refractivity contribution is 5.87. The minimum Gasteiger partial charge on any atom is -0.479 e. The zero-order chi connectivity index (χ0) is 22.9. The molecule has 3 aromatic carbocycles. The molecular formula is C24H18F3NO4. The van der Waals surface area contributed by atoms with Gasteiger partial charge in [-0.05, 0) is 27.8 Å². The van der Waals surface area contributed by atoms with Crippen molar-refractivity contribution in [3.8, 4) is 11.1 Å². The summed E-state index contributed by atoms with van der Waals surface area (Å²) in [6, 6.07) is 20.9. The van der Waals surface area contributed by atoms with E-state index >= 15 is 0 Å². The van der Waals surface area contributed by atoms with E-state index in [2.05, 4.69) is 0 Å². The van der Waals surface area contributed by atoms with Crippen molar-refractivity contribution < 1.29 is 32.6 Å². The van der Waals surface area contributed by atoms with Crippen molar-refractivity contribution in [2.75, 3.05) is 6.61 Å². The Morgan fingerprint density at radius 3 is 1.84 bits per heavy atom. The number of amides is 1. The van der Waals surface area contributed by atoms with Gasteiger partial charge in [-0.1, -0.05) is 78.9 Å². The molecular weight excluding hydrogens is 423 g/mol. The van der Waals surface area contributed by atoms with E-state index in [-0.39, 0.29) is 12.5 Å². The van der Waals surface area contributed by atoms with Gasteiger partial charge in [0.2, 0.25) is 0 Å². The van der Waals surface area contributed by atoms with E-state index in [9.17, 15) is 27.9 Å². The zero-order valence-corrected chi connectivity index (χ0v) is 16.6. The number of halogens is 3. The van der Waals surface area contributed by atoms with Crippen molar-refractivity contribution in [1.82, 2.24) is 5.32 Å². The van der Waals surface area contributed by atoms with Gasteiger partial charge in [0.25, 0.3) is 5.54 Å². The van der Waals surface area contributed by atoms with E-state index in [0.717, 1.165) is 34.4 Å². The lowest BCUT2D eigenvalue weighted by molar-refractivity contribution is -0.211. The van der Waals surface area contributed by atoms with Gasteiger partial charge in [-0.3, -0.25) is 5.32 Å². The molecule has 0 saturated heterocycles. The quantitative estimate of drug-likeness (QED) is 0.580. The van der Waals surface area contributed by atoms with Crippen molar-refractivity contribution in [2.45, 2.75) is 17.6 Å². The van der Waals surface area contributed by atoms with Crippen LogP contribution < -0.4 is 5.32 Å². The highest BCUT2D eigenvalue weighted by atomic mass is 19.4. The molecule has 1 aliphatic carbocycles. The molecule has 0 radical (unpaired) electrons. The predicted octanol–water partition coefficient (Wildman–Crippen LogP) is 5.07. The van der Waals surface area contributed by atoms with Crippen LogP contribution in [0.1, 0.15) is 22.6 Å². The first-order chi connectivity index (χ1) is 15.3. The Hall–Kier alpha value is -3.81. The van der Waals surface area contributed by atoms with Gasteiger partial charge in [0, 0.05) is 5.92 Å². The van der Waals surface area contributed by atoms with Crippen molar-refractivity contribution in [3.63, 3.8) is 0 Å². The molecule has 0 aromatic heterocycles. The van der Waals surface area contributed by atoms with Crippen molar-refractivity contribution >= 4 is 12.1 Å². The Balaban J connectivity index is 1.60. The zero-order valence-electron chi connectivity index (χ0n) is 16.6. The molecule has 0 spiro atoms. The second-order valence-electron chi connectivity index (χ2n) is 7.37. The smallest absolute Gasteiger partial charge is 0.426 e. The molecule has 5 nitrogen and oxygen atoms in total. The third kappa shape index (κ3) is 3.47. The molecule has 1 atom stereocenters. The molecule has 0 saturated carbocycles. The summed E-state index contributed by atoms with van der Waals surface area (Å²) in [5.41, 5.74) is -0.604. The van der Waals surface area contributed by atoms with Crippen LogP contribution in [0.25, 0.3) is 11.1 Å². The van der Waals surface area contributed by atoms with E-state index in [0.29, 0.717) is 0 Å². The number of hydrogen-bond donors (Lipinski definition) is 2. The highest BCUT2D eigenvalue weighted by Crippen LogP contribution is 2.45. The molecule has 1 aliphatic rings. The lowest BCUT2D eigenvalue weighted by atomic mass is 9.89. The first-order valence-corrected chi connectivity index (χ1v) is 9.74. The van der Waals surface area contributed by atoms with Crippen LogP contribution in [0.2, 0.25) is 0 Å². The lowest BCUT2D eigenvalue weighted by Crippen LogP contribution is -2.61. The van der Waals surface area contributed by atoms with Crippen LogP contribution in [0.15, 0.2) is 78.9 Å². The number of rotatable bonds is 5. The maximum Gasteiger partial charge on any atom is 0.426 e. The number of aliphatic carboxylic acids is 1. The molecule has 2 N–H and O–H groups in total. The molecule has 0 bridgehead atoms. The van der Waals surface area contributed by atoms with E-state index in [1.165, 1.54) is 18.2 Å². The van der Waals surface area contributed by atoms with E-state index < -0.39 is 29.3 Å². The van der Waals surface area contributed by atoms with Gasteiger partial charge >= 0.3 is 18.2 Å². The third-order valence-corrected chi connectivity index (χ3v) is 5.59. The number of alkyl carbamates (subject to hydrolysis) is 1. The molecule has 1 amide bonds. The maximum atomic E-state index is 14.0. The maximum absolute atomic E-state index is 14.0. The summed E-state index contributed by atoms with van der Waals surface area (Å²) in [4.78, 5) is 24.3. The number of fused-ring (bicyclic) bond motifs is 3. The average molecular weight is 441 g/mol. The second kappa shape index (κ2) is 8.03. The van der Waals surface area contributed by atoms with Crippen LogP contribution in [0.5, 0.6) is 0 Å². The Morgan fingerprint density at radius 1 is 0.844 bits per heavy atom. The third-order valence-electron chi connectivity index (χ3n) is 5.59. The summed E-state index contributed by atoms with van der Waals surface area (Å²) < 4.78 is 47.0. The van der Waals surface area contributed by atoms with Crippen LogP contribution in [0.3, 0.4) is 0 Å². The fourth-order valence-corrected chi connectivity index (χ4v) is 4.08. The SMILES string of the molecule is O=C(NC(C(=O)O)(c1ccccc1)C(F)(F)F)OCC1c2ccccc2-c2ccccc21. The molecule has 0 fully saturated rings. The molecule has 0 aliphatic heterocycles. The summed E-state index contributed by atoms with van der Waals surface area (Å²) in [5.74, 6) is -2.64. The monoisotopic (exact) mass is 441 g/mol. The number of ether oxygens (including phenoxy) is 1. The van der Waals surface area contributed by atoms with Gasteiger partial charge in [0.15, 0.2) is 0 Å². The van der Waals surface area contributed by atoms with Gasteiger partial charge in [0.05, 0.1) is 0 Å². The number of carboxylic acid groups (broad SMARTS) is 1. The summed E-state index contributed by atoms with van der Waals surface area (Å²) in [5, 5.41) is 11.1. The van der Waals surface area contributed by atoms with Crippen molar-refractivity contribution in [2.24, 2.45) is 0 Å². The molecule has 32 heavy (non-hydrogen) atoms. The van der Waals surface area contributed by atoms with Gasteiger partial charge in [-0.2, -0.15) is 13.2 Å². The van der Waals surface area contributed by atoms with Gasteiger partial charge < -0.3 is 9.84 Å². The van der Waals surface area contributed by atoms with Crippen LogP contribution in [0.4, 0.5) is 18.0 Å². The van der Waals surface area contributed by atoms with Crippen LogP contribution >= 0.6 is 0 Å². The predicted molar refractivity (Wildman–Crippen MR) is 110 cm³/mol. The van der Waals surface area contributed by atoms with Crippen molar-refractivity contribution in [1.29, 1.82) is 0 Å².